The van der Waals surface area contributed by atoms with Crippen molar-refractivity contribution >= 4 is 23.3 Å². The van der Waals surface area contributed by atoms with Crippen molar-refractivity contribution in [2.75, 3.05) is 39.5 Å². The van der Waals surface area contributed by atoms with Crippen LogP contribution in [0.2, 0.25) is 0 Å². The van der Waals surface area contributed by atoms with Crippen molar-refractivity contribution in [1.29, 1.82) is 0 Å². The van der Waals surface area contributed by atoms with Crippen LogP contribution in [-0.4, -0.2) is 63.1 Å². The van der Waals surface area contributed by atoms with E-state index in [-0.39, 0.29) is 49.2 Å². The third-order valence-electron chi connectivity index (χ3n) is 12.3. The molecule has 4 aliphatic rings. The Morgan fingerprint density at radius 2 is 1.38 bits per heavy atom. The lowest BCUT2D eigenvalue weighted by Crippen LogP contribution is -2.62. The number of para-hydroxylation sites is 1. The molecule has 0 unspecified atom stereocenters. The van der Waals surface area contributed by atoms with E-state index in [4.69, 9.17) is 14.2 Å². The molecule has 3 fully saturated rings. The van der Waals surface area contributed by atoms with E-state index >= 15 is 9.59 Å². The van der Waals surface area contributed by atoms with Crippen LogP contribution in [0.5, 0.6) is 0 Å². The summed E-state index contributed by atoms with van der Waals surface area (Å²) in [6.07, 6.45) is 0.582. The van der Waals surface area contributed by atoms with E-state index in [1.54, 1.807) is 19.1 Å². The number of fused-ring (bicyclic) bond motifs is 2. The first-order valence-electron chi connectivity index (χ1n) is 17.3. The maximum Gasteiger partial charge on any atom is 0.247 e. The van der Waals surface area contributed by atoms with Gasteiger partial charge in [0.15, 0.2) is 5.78 Å². The molecule has 4 aromatic rings. The van der Waals surface area contributed by atoms with E-state index in [1.807, 2.05) is 103 Å². The number of benzene rings is 4. The molecule has 4 bridgehead atoms. The number of methoxy groups -OCH3 is 2. The molecule has 0 aromatic heterocycles. The van der Waals surface area contributed by atoms with Gasteiger partial charge in [-0.25, -0.2) is 0 Å². The quantitative estimate of drug-likeness (QED) is 0.190. The maximum atomic E-state index is 15.0. The number of ketones is 1. The molecule has 8 nitrogen and oxygen atoms in total. The van der Waals surface area contributed by atoms with Gasteiger partial charge in [0.05, 0.1) is 24.3 Å². The van der Waals surface area contributed by atoms with E-state index in [0.29, 0.717) is 24.3 Å². The first-order valence-corrected chi connectivity index (χ1v) is 17.3. The lowest BCUT2D eigenvalue weighted by atomic mass is 9.52. The van der Waals surface area contributed by atoms with Crippen LogP contribution in [0.1, 0.15) is 35.1 Å². The van der Waals surface area contributed by atoms with Gasteiger partial charge in [-0.2, -0.15) is 0 Å². The lowest BCUT2D eigenvalue weighted by molar-refractivity contribution is -0.161. The van der Waals surface area contributed by atoms with Crippen molar-refractivity contribution < 1.29 is 28.6 Å². The minimum Gasteiger partial charge on any atom is -0.376 e. The van der Waals surface area contributed by atoms with Gasteiger partial charge in [-0.05, 0) is 46.6 Å². The number of carbonyl (C=O) groups excluding carboxylic acids is 3. The summed E-state index contributed by atoms with van der Waals surface area (Å²) in [5.41, 5.74) is 0.724. The molecule has 2 saturated carbocycles. The van der Waals surface area contributed by atoms with Crippen molar-refractivity contribution in [1.82, 2.24) is 4.90 Å². The number of anilines is 1. The molecule has 2 aliphatic heterocycles. The van der Waals surface area contributed by atoms with Gasteiger partial charge in [0, 0.05) is 39.6 Å². The van der Waals surface area contributed by atoms with Gasteiger partial charge in [0.1, 0.15) is 17.7 Å². The topological polar surface area (TPSA) is 85.4 Å². The predicted octanol–water partition coefficient (Wildman–Crippen LogP) is 5.73. The standard InChI is InChI=1S/C42H42N2O6/c1-43-36-31(24-41(49-3,29-17-9-5-10-18-29)30-19-11-6-12-20-30)33-23-35(45)42(32-21-13-14-22-34(32)44(27-48-2)39(42)47)37(36)40(33,38(43)46)26-50-25-28-15-7-4-8-16-28/h4-22,31,33,36-37H,23-27H2,1-3H3/t31-,33-,36-,37+,40+,42-/m1/s1. The molecule has 0 radical (unpaired) electrons. The third-order valence-corrected chi connectivity index (χ3v) is 12.3. The monoisotopic (exact) mass is 670 g/mol. The Labute approximate surface area is 292 Å². The molecule has 6 atom stereocenters. The Hall–Kier alpha value is -4.63. The van der Waals surface area contributed by atoms with Gasteiger partial charge in [0.25, 0.3) is 0 Å². The number of likely N-dealkylation sites (tertiary alicyclic amines) is 1. The number of carbonyl (C=O) groups is 3. The highest BCUT2D eigenvalue weighted by Crippen LogP contribution is 2.72. The van der Waals surface area contributed by atoms with Crippen LogP contribution in [-0.2, 0) is 46.2 Å². The summed E-state index contributed by atoms with van der Waals surface area (Å²) < 4.78 is 18.7. The molecule has 2 heterocycles. The Morgan fingerprint density at radius 3 is 2.00 bits per heavy atom. The zero-order valence-corrected chi connectivity index (χ0v) is 28.7. The number of piperidine rings is 1. The average Bonchev–Trinajstić information content (AvgIpc) is 3.61. The highest BCUT2D eigenvalue weighted by Gasteiger charge is 2.83. The minimum atomic E-state index is -1.56. The van der Waals surface area contributed by atoms with Gasteiger partial charge >= 0.3 is 0 Å². The van der Waals surface area contributed by atoms with Gasteiger partial charge in [0.2, 0.25) is 11.8 Å². The summed E-state index contributed by atoms with van der Waals surface area (Å²) >= 11 is 0. The number of hydrogen-bond donors (Lipinski definition) is 0. The fourth-order valence-electron chi connectivity index (χ4n) is 10.4. The summed E-state index contributed by atoms with van der Waals surface area (Å²) in [5, 5.41) is 0. The smallest absolute Gasteiger partial charge is 0.247 e. The molecule has 0 N–H and O–H groups in total. The second-order valence-electron chi connectivity index (χ2n) is 14.2. The second kappa shape index (κ2) is 12.3. The molecule has 50 heavy (non-hydrogen) atoms. The first kappa shape index (κ1) is 32.6. The summed E-state index contributed by atoms with van der Waals surface area (Å²) in [6, 6.07) is 37.3. The van der Waals surface area contributed by atoms with Crippen LogP contribution in [0.15, 0.2) is 115 Å². The van der Waals surface area contributed by atoms with Crippen LogP contribution < -0.4 is 4.90 Å². The van der Waals surface area contributed by atoms with Gasteiger partial charge in [-0.3, -0.25) is 19.3 Å². The number of ether oxygens (including phenoxy) is 3. The summed E-state index contributed by atoms with van der Waals surface area (Å²) in [4.78, 5) is 48.3. The Balaban J connectivity index is 1.32. The number of hydrogen-bond acceptors (Lipinski definition) is 6. The summed E-state index contributed by atoms with van der Waals surface area (Å²) in [7, 11) is 5.12. The van der Waals surface area contributed by atoms with Crippen LogP contribution in [0, 0.1) is 23.2 Å². The molecule has 1 saturated heterocycles. The van der Waals surface area contributed by atoms with Gasteiger partial charge in [-0.15, -0.1) is 0 Å². The van der Waals surface area contributed by atoms with Crippen molar-refractivity contribution in [3.63, 3.8) is 0 Å². The predicted molar refractivity (Wildman–Crippen MR) is 188 cm³/mol. The van der Waals surface area contributed by atoms with E-state index in [0.717, 1.165) is 16.7 Å². The van der Waals surface area contributed by atoms with Gasteiger partial charge < -0.3 is 19.1 Å². The summed E-state index contributed by atoms with van der Waals surface area (Å²) in [6.45, 7) is 0.412. The van der Waals surface area contributed by atoms with Crippen LogP contribution in [0.4, 0.5) is 5.69 Å². The van der Waals surface area contributed by atoms with Crippen LogP contribution in [0.3, 0.4) is 0 Å². The maximum absolute atomic E-state index is 15.0. The molecule has 4 aromatic carbocycles. The molecular formula is C42H42N2O6. The SMILES string of the molecule is COCN1C(=O)[C@@]2(C(=O)C[C@@H]3[C@@H](CC(OC)(c4ccccc4)c4ccccc4)[C@@H]4[C@H]2[C@@]3(COCc2ccccc2)C(=O)N4C)c2ccccc21. The number of nitrogens with zero attached hydrogens (tertiary/aromatic N) is 2. The molecule has 2 amide bonds. The van der Waals surface area contributed by atoms with Crippen molar-refractivity contribution in [2.45, 2.75) is 36.5 Å². The fraction of sp³-hybridized carbons (Fsp3) is 0.357. The molecule has 1 spiro atoms. The normalized spacial score (nSPS) is 28.2. The number of Topliss-reactive ketones (excluding diaryl/α,β-unsaturated/α-hetero) is 1. The summed E-state index contributed by atoms with van der Waals surface area (Å²) in [5.74, 6) is -1.74. The van der Waals surface area contributed by atoms with Crippen molar-refractivity contribution in [3.8, 4) is 0 Å². The minimum absolute atomic E-state index is 0.00517. The fourth-order valence-corrected chi connectivity index (χ4v) is 10.4. The van der Waals surface area contributed by atoms with Crippen LogP contribution in [0.25, 0.3) is 0 Å². The van der Waals surface area contributed by atoms with Crippen LogP contribution >= 0.6 is 0 Å². The van der Waals surface area contributed by atoms with E-state index in [9.17, 15) is 4.79 Å². The van der Waals surface area contributed by atoms with E-state index in [1.165, 1.54) is 0 Å². The Kier molecular flexibility index (Phi) is 8.01. The Morgan fingerprint density at radius 1 is 0.780 bits per heavy atom. The largest absolute Gasteiger partial charge is 0.376 e. The van der Waals surface area contributed by atoms with E-state index < -0.39 is 28.4 Å². The zero-order valence-electron chi connectivity index (χ0n) is 28.7. The second-order valence-corrected chi connectivity index (χ2v) is 14.2. The molecule has 256 valence electrons. The third kappa shape index (κ3) is 4.31. The molecule has 2 aliphatic carbocycles. The molecule has 8 rings (SSSR count). The lowest BCUT2D eigenvalue weighted by Gasteiger charge is -2.48. The van der Waals surface area contributed by atoms with E-state index in [2.05, 4.69) is 24.3 Å². The Bertz CT molecular complexity index is 1880. The first-order chi connectivity index (χ1) is 24.4. The molecule has 8 heteroatoms. The van der Waals surface area contributed by atoms with Crippen molar-refractivity contribution in [3.05, 3.63) is 138 Å². The number of amides is 2. The zero-order chi connectivity index (χ0) is 34.7. The average molecular weight is 671 g/mol. The highest BCUT2D eigenvalue weighted by atomic mass is 16.5. The number of rotatable bonds is 11. The molecular weight excluding hydrogens is 628 g/mol. The highest BCUT2D eigenvalue weighted by molar-refractivity contribution is 6.24. The van der Waals surface area contributed by atoms with Gasteiger partial charge in [-0.1, -0.05) is 109 Å². The van der Waals surface area contributed by atoms with Crippen molar-refractivity contribution in [2.24, 2.45) is 23.2 Å².